The molecule has 1 aromatic carbocycles. The zero-order valence-corrected chi connectivity index (χ0v) is 11.5. The first-order chi connectivity index (χ1) is 9.08. The monoisotopic (exact) mass is 278 g/mol. The maximum absolute atomic E-state index is 11.5. The van der Waals surface area contributed by atoms with Crippen molar-refractivity contribution in [2.75, 3.05) is 11.9 Å². The van der Waals surface area contributed by atoms with Crippen LogP contribution in [0.4, 0.5) is 5.13 Å². The van der Waals surface area contributed by atoms with Crippen LogP contribution in [0.3, 0.4) is 0 Å². The molecule has 0 aliphatic carbocycles. The zero-order chi connectivity index (χ0) is 13.8. The van der Waals surface area contributed by atoms with Gasteiger partial charge in [0.05, 0.1) is 23.2 Å². The van der Waals surface area contributed by atoms with Crippen LogP contribution >= 0.6 is 11.3 Å². The molecule has 1 aromatic heterocycles. The van der Waals surface area contributed by atoms with Crippen LogP contribution in [0.1, 0.15) is 20.3 Å². The van der Waals surface area contributed by atoms with Crippen LogP contribution < -0.4 is 10.1 Å². The van der Waals surface area contributed by atoms with Gasteiger partial charge in [0.25, 0.3) is 0 Å². The van der Waals surface area contributed by atoms with E-state index in [-0.39, 0.29) is 18.1 Å². The Hall–Kier alpha value is -1.95. The molecule has 0 saturated carbocycles. The summed E-state index contributed by atoms with van der Waals surface area (Å²) in [5, 5.41) is 3.12. The molecule has 0 atom stereocenters. The fraction of sp³-hybridized carbons (Fsp3) is 0.308. The Morgan fingerprint density at radius 2 is 2.21 bits per heavy atom. The van der Waals surface area contributed by atoms with Crippen LogP contribution in [0, 0.1) is 0 Å². The smallest absolute Gasteiger partial charge is 0.233 e. The predicted molar refractivity (Wildman–Crippen MR) is 74.7 cm³/mol. The summed E-state index contributed by atoms with van der Waals surface area (Å²) in [5.41, 5.74) is 0.772. The Bertz CT molecular complexity index is 621. The number of ether oxygens (including phenoxy) is 1. The zero-order valence-electron chi connectivity index (χ0n) is 10.7. The Morgan fingerprint density at radius 1 is 1.42 bits per heavy atom. The van der Waals surface area contributed by atoms with E-state index >= 15 is 0 Å². The fourth-order valence-corrected chi connectivity index (χ4v) is 2.47. The van der Waals surface area contributed by atoms with Crippen molar-refractivity contribution in [3.8, 4) is 5.75 Å². The van der Waals surface area contributed by atoms with Crippen molar-refractivity contribution in [2.45, 2.75) is 20.3 Å². The van der Waals surface area contributed by atoms with Crippen molar-refractivity contribution in [1.82, 2.24) is 4.98 Å². The maximum atomic E-state index is 11.5. The first-order valence-corrected chi connectivity index (χ1v) is 6.73. The summed E-state index contributed by atoms with van der Waals surface area (Å²) in [6.07, 6.45) is -0.125. The van der Waals surface area contributed by atoms with Gasteiger partial charge in [-0.15, -0.1) is 0 Å². The maximum Gasteiger partial charge on any atom is 0.233 e. The van der Waals surface area contributed by atoms with Crippen LogP contribution in [0.5, 0.6) is 5.75 Å². The van der Waals surface area contributed by atoms with Gasteiger partial charge in [-0.25, -0.2) is 4.98 Å². The highest BCUT2D eigenvalue weighted by Crippen LogP contribution is 2.28. The minimum atomic E-state index is -0.336. The topological polar surface area (TPSA) is 68.3 Å². The molecule has 0 fully saturated rings. The number of carbonyl (C=O) groups excluding carboxylic acids is 2. The number of thiazole rings is 1. The molecule has 0 saturated heterocycles. The van der Waals surface area contributed by atoms with Crippen LogP contribution in [-0.2, 0) is 9.59 Å². The number of carbonyl (C=O) groups is 2. The van der Waals surface area contributed by atoms with Gasteiger partial charge in [-0.3, -0.25) is 9.59 Å². The molecule has 6 heteroatoms. The molecular formula is C13H14N2O3S. The normalized spacial score (nSPS) is 10.4. The highest BCUT2D eigenvalue weighted by atomic mass is 32.1. The van der Waals surface area contributed by atoms with Crippen molar-refractivity contribution >= 4 is 38.4 Å². The lowest BCUT2D eigenvalue weighted by Gasteiger charge is -2.00. The second-order valence-corrected chi connectivity index (χ2v) is 5.04. The second-order valence-electron chi connectivity index (χ2n) is 4.01. The first kappa shape index (κ1) is 13.5. The van der Waals surface area contributed by atoms with Crippen molar-refractivity contribution < 1.29 is 14.3 Å². The van der Waals surface area contributed by atoms with Crippen molar-refractivity contribution in [1.29, 1.82) is 0 Å². The quantitative estimate of drug-likeness (QED) is 0.854. The standard InChI is InChI=1S/C13H14N2O3S/c1-3-18-9-4-5-11-10(7-9)14-13(19-11)15-12(17)6-8(2)16/h4-5,7H,3,6H2,1-2H3,(H,14,15,17). The third-order valence-corrected chi connectivity index (χ3v) is 3.28. The number of ketones is 1. The lowest BCUT2D eigenvalue weighted by Crippen LogP contribution is -2.14. The molecule has 2 rings (SSSR count). The van der Waals surface area contributed by atoms with Gasteiger partial charge in [-0.05, 0) is 26.0 Å². The number of nitrogens with zero attached hydrogens (tertiary/aromatic N) is 1. The summed E-state index contributed by atoms with van der Waals surface area (Å²) >= 11 is 1.37. The van der Waals surface area contributed by atoms with Crippen molar-refractivity contribution in [2.24, 2.45) is 0 Å². The number of fused-ring (bicyclic) bond motifs is 1. The summed E-state index contributed by atoms with van der Waals surface area (Å²) in [6, 6.07) is 5.60. The minimum Gasteiger partial charge on any atom is -0.494 e. The SMILES string of the molecule is CCOc1ccc2sc(NC(=O)CC(C)=O)nc2c1. The molecule has 0 radical (unpaired) electrons. The number of benzene rings is 1. The van der Waals surface area contributed by atoms with E-state index in [1.165, 1.54) is 18.3 Å². The average molecular weight is 278 g/mol. The van der Waals surface area contributed by atoms with Crippen molar-refractivity contribution in [3.63, 3.8) is 0 Å². The molecule has 2 aromatic rings. The highest BCUT2D eigenvalue weighted by molar-refractivity contribution is 7.22. The first-order valence-electron chi connectivity index (χ1n) is 5.91. The van der Waals surface area contributed by atoms with E-state index in [0.29, 0.717) is 11.7 Å². The predicted octanol–water partition coefficient (Wildman–Crippen LogP) is 2.61. The van der Waals surface area contributed by atoms with E-state index in [1.54, 1.807) is 0 Å². The molecule has 0 aliphatic heterocycles. The Morgan fingerprint density at radius 3 is 2.89 bits per heavy atom. The third-order valence-electron chi connectivity index (χ3n) is 2.33. The van der Waals surface area contributed by atoms with Gasteiger partial charge in [-0.1, -0.05) is 11.3 Å². The lowest BCUT2D eigenvalue weighted by molar-refractivity contribution is -0.124. The van der Waals surface area contributed by atoms with E-state index in [2.05, 4.69) is 10.3 Å². The van der Waals surface area contributed by atoms with E-state index in [0.717, 1.165) is 16.0 Å². The molecule has 100 valence electrons. The van der Waals surface area contributed by atoms with Gasteiger partial charge in [0.1, 0.15) is 11.5 Å². The highest BCUT2D eigenvalue weighted by Gasteiger charge is 2.10. The van der Waals surface area contributed by atoms with E-state index in [4.69, 9.17) is 4.74 Å². The molecule has 1 heterocycles. The van der Waals surface area contributed by atoms with Gasteiger partial charge in [0, 0.05) is 6.07 Å². The molecule has 0 bridgehead atoms. The summed E-state index contributed by atoms with van der Waals surface area (Å²) in [4.78, 5) is 26.6. The number of anilines is 1. The number of amides is 1. The number of aromatic nitrogens is 1. The lowest BCUT2D eigenvalue weighted by atomic mass is 10.3. The van der Waals surface area contributed by atoms with Gasteiger partial charge >= 0.3 is 0 Å². The number of rotatable bonds is 5. The fourth-order valence-electron chi connectivity index (χ4n) is 1.61. The molecule has 19 heavy (non-hydrogen) atoms. The molecule has 1 amide bonds. The van der Waals surface area contributed by atoms with Gasteiger partial charge in [-0.2, -0.15) is 0 Å². The Kier molecular flexibility index (Phi) is 4.11. The van der Waals surface area contributed by atoms with E-state index in [1.807, 2.05) is 25.1 Å². The molecule has 0 aliphatic rings. The number of hydrogen-bond donors (Lipinski definition) is 1. The summed E-state index contributed by atoms with van der Waals surface area (Å²) in [7, 11) is 0. The van der Waals surface area contributed by atoms with Gasteiger partial charge < -0.3 is 10.1 Å². The second kappa shape index (κ2) is 5.79. The Balaban J connectivity index is 2.17. The summed E-state index contributed by atoms with van der Waals surface area (Å²) in [5.74, 6) is 0.246. The van der Waals surface area contributed by atoms with E-state index in [9.17, 15) is 9.59 Å². The summed E-state index contributed by atoms with van der Waals surface area (Å²) < 4.78 is 6.35. The van der Waals surface area contributed by atoms with Crippen molar-refractivity contribution in [3.05, 3.63) is 18.2 Å². The number of Topliss-reactive ketones (excluding diaryl/α,β-unsaturated/α-hetero) is 1. The van der Waals surface area contributed by atoms with Crippen LogP contribution in [0.25, 0.3) is 10.2 Å². The number of nitrogens with one attached hydrogen (secondary N) is 1. The van der Waals surface area contributed by atoms with Gasteiger partial charge in [0.2, 0.25) is 5.91 Å². The van der Waals surface area contributed by atoms with Gasteiger partial charge in [0.15, 0.2) is 5.13 Å². The van der Waals surface area contributed by atoms with Crippen LogP contribution in [-0.4, -0.2) is 23.3 Å². The molecule has 0 spiro atoms. The molecule has 5 nitrogen and oxygen atoms in total. The van der Waals surface area contributed by atoms with Crippen LogP contribution in [0.2, 0.25) is 0 Å². The number of hydrogen-bond acceptors (Lipinski definition) is 5. The van der Waals surface area contributed by atoms with E-state index < -0.39 is 0 Å². The minimum absolute atomic E-state index is 0.125. The van der Waals surface area contributed by atoms with Crippen LogP contribution in [0.15, 0.2) is 18.2 Å². The molecule has 0 unspecified atom stereocenters. The molecular weight excluding hydrogens is 264 g/mol. The molecule has 1 N–H and O–H groups in total. The summed E-state index contributed by atoms with van der Waals surface area (Å²) in [6.45, 7) is 3.89. The third kappa shape index (κ3) is 3.51. The Labute approximate surface area is 114 Å². The largest absolute Gasteiger partial charge is 0.494 e. The average Bonchev–Trinajstić information content (AvgIpc) is 2.69.